The van der Waals surface area contributed by atoms with Gasteiger partial charge in [-0.25, -0.2) is 0 Å². The topological polar surface area (TPSA) is 77.8 Å². The van der Waals surface area contributed by atoms with E-state index in [0.717, 1.165) is 5.69 Å². The molecule has 0 aliphatic carbocycles. The molecule has 2 N–H and O–H groups in total. The zero-order valence-electron chi connectivity index (χ0n) is 10.5. The first-order valence-electron chi connectivity index (χ1n) is 5.68. The highest BCUT2D eigenvalue weighted by Gasteiger charge is 2.09. The Balaban J connectivity index is 2.54. The summed E-state index contributed by atoms with van der Waals surface area (Å²) in [5.41, 5.74) is 0.898. The Kier molecular flexibility index (Phi) is 5.39. The highest BCUT2D eigenvalue weighted by molar-refractivity contribution is 5.97. The Hall–Kier alpha value is -2.35. The van der Waals surface area contributed by atoms with Gasteiger partial charge in [0.2, 0.25) is 0 Å². The van der Waals surface area contributed by atoms with Crippen LogP contribution in [0, 0.1) is 11.3 Å². The number of carbonyl (C=O) groups is 1. The maximum Gasteiger partial charge on any atom is 0.263 e. The lowest BCUT2D eigenvalue weighted by atomic mass is 10.2. The summed E-state index contributed by atoms with van der Waals surface area (Å²) >= 11 is 0. The minimum atomic E-state index is -0.374. The molecular formula is C13H16N4O. The highest BCUT2D eigenvalue weighted by atomic mass is 16.1. The molecule has 0 aromatic carbocycles. The standard InChI is InChI=1S/C13H16N4O/c1-10(2)17-13(18)11(7-14)8-15-9-12-5-3-4-6-16-12/h3-6,8,10,15H,9H2,1-2H3,(H,17,18)/b11-8-. The van der Waals surface area contributed by atoms with Crippen LogP contribution >= 0.6 is 0 Å². The van der Waals surface area contributed by atoms with E-state index in [1.165, 1.54) is 6.20 Å². The van der Waals surface area contributed by atoms with Crippen molar-refractivity contribution in [3.8, 4) is 6.07 Å². The van der Waals surface area contributed by atoms with Gasteiger partial charge in [0, 0.05) is 18.4 Å². The fourth-order valence-electron chi connectivity index (χ4n) is 1.25. The quantitative estimate of drug-likeness (QED) is 0.600. The number of hydrogen-bond donors (Lipinski definition) is 2. The average molecular weight is 244 g/mol. The van der Waals surface area contributed by atoms with Crippen molar-refractivity contribution < 1.29 is 4.79 Å². The van der Waals surface area contributed by atoms with E-state index >= 15 is 0 Å². The van der Waals surface area contributed by atoms with Crippen LogP contribution in [0.3, 0.4) is 0 Å². The summed E-state index contributed by atoms with van der Waals surface area (Å²) in [6, 6.07) is 7.44. The smallest absolute Gasteiger partial charge is 0.263 e. The van der Waals surface area contributed by atoms with Crippen LogP contribution in [0.1, 0.15) is 19.5 Å². The first-order chi connectivity index (χ1) is 8.63. The van der Waals surface area contributed by atoms with Crippen LogP contribution in [0.25, 0.3) is 0 Å². The lowest BCUT2D eigenvalue weighted by molar-refractivity contribution is -0.117. The number of pyridine rings is 1. The third kappa shape index (κ3) is 4.66. The Morgan fingerprint density at radius 3 is 2.89 bits per heavy atom. The molecule has 1 amide bonds. The lowest BCUT2D eigenvalue weighted by Gasteiger charge is -2.07. The molecule has 1 rings (SSSR count). The number of hydrogen-bond acceptors (Lipinski definition) is 4. The van der Waals surface area contributed by atoms with Crippen LogP contribution in [0.5, 0.6) is 0 Å². The van der Waals surface area contributed by atoms with Gasteiger partial charge in [0.05, 0.1) is 12.2 Å². The Morgan fingerprint density at radius 2 is 2.33 bits per heavy atom. The molecule has 0 radical (unpaired) electrons. The monoisotopic (exact) mass is 244 g/mol. The number of carbonyl (C=O) groups excluding carboxylic acids is 1. The summed E-state index contributed by atoms with van der Waals surface area (Å²) in [7, 11) is 0. The number of nitrogens with zero attached hydrogens (tertiary/aromatic N) is 2. The van der Waals surface area contributed by atoms with Crippen molar-refractivity contribution in [1.82, 2.24) is 15.6 Å². The number of amides is 1. The summed E-state index contributed by atoms with van der Waals surface area (Å²) < 4.78 is 0. The number of nitrogens with one attached hydrogen (secondary N) is 2. The van der Waals surface area contributed by atoms with Crippen LogP contribution in [-0.4, -0.2) is 16.9 Å². The van der Waals surface area contributed by atoms with Crippen LogP contribution in [0.2, 0.25) is 0 Å². The number of rotatable bonds is 5. The molecule has 1 aromatic rings. The third-order valence-electron chi connectivity index (χ3n) is 2.04. The minimum absolute atomic E-state index is 0.00467. The van der Waals surface area contributed by atoms with E-state index in [4.69, 9.17) is 5.26 Å². The number of nitriles is 1. The second kappa shape index (κ2) is 7.07. The zero-order chi connectivity index (χ0) is 13.4. The van der Waals surface area contributed by atoms with Gasteiger partial charge in [-0.1, -0.05) is 6.07 Å². The fraction of sp³-hybridized carbons (Fsp3) is 0.308. The van der Waals surface area contributed by atoms with E-state index in [1.54, 1.807) is 6.20 Å². The summed E-state index contributed by atoms with van der Waals surface area (Å²) in [6.07, 6.45) is 3.10. The van der Waals surface area contributed by atoms with Crippen molar-refractivity contribution in [3.05, 3.63) is 41.9 Å². The largest absolute Gasteiger partial charge is 0.384 e. The summed E-state index contributed by atoms with van der Waals surface area (Å²) in [5, 5.41) is 14.4. The van der Waals surface area contributed by atoms with Gasteiger partial charge in [0.25, 0.3) is 5.91 Å². The second-order valence-corrected chi connectivity index (χ2v) is 4.00. The van der Waals surface area contributed by atoms with E-state index < -0.39 is 0 Å². The summed E-state index contributed by atoms with van der Waals surface area (Å²) in [6.45, 7) is 4.16. The van der Waals surface area contributed by atoms with Gasteiger partial charge in [-0.05, 0) is 26.0 Å². The lowest BCUT2D eigenvalue weighted by Crippen LogP contribution is -2.31. The van der Waals surface area contributed by atoms with Gasteiger partial charge < -0.3 is 10.6 Å². The highest BCUT2D eigenvalue weighted by Crippen LogP contribution is 1.95. The van der Waals surface area contributed by atoms with E-state index in [-0.39, 0.29) is 17.5 Å². The van der Waals surface area contributed by atoms with Crippen LogP contribution in [-0.2, 0) is 11.3 Å². The second-order valence-electron chi connectivity index (χ2n) is 4.00. The molecule has 1 heterocycles. The first kappa shape index (κ1) is 13.7. The van der Waals surface area contributed by atoms with Gasteiger partial charge in [0.1, 0.15) is 11.6 Å². The molecule has 0 saturated heterocycles. The van der Waals surface area contributed by atoms with Crippen molar-refractivity contribution in [2.75, 3.05) is 0 Å². The van der Waals surface area contributed by atoms with Gasteiger partial charge in [-0.2, -0.15) is 5.26 Å². The number of aromatic nitrogens is 1. The Bertz CT molecular complexity index is 460. The molecule has 0 atom stereocenters. The molecule has 18 heavy (non-hydrogen) atoms. The van der Waals surface area contributed by atoms with Gasteiger partial charge in [0.15, 0.2) is 0 Å². The molecule has 94 valence electrons. The van der Waals surface area contributed by atoms with Crippen LogP contribution in [0.4, 0.5) is 0 Å². The molecule has 0 bridgehead atoms. The molecule has 0 fully saturated rings. The van der Waals surface area contributed by atoms with Gasteiger partial charge >= 0.3 is 0 Å². The van der Waals surface area contributed by atoms with Crippen molar-refractivity contribution in [2.45, 2.75) is 26.4 Å². The van der Waals surface area contributed by atoms with Crippen molar-refractivity contribution in [2.24, 2.45) is 0 Å². The van der Waals surface area contributed by atoms with E-state index in [0.29, 0.717) is 6.54 Å². The molecule has 0 spiro atoms. The molecule has 5 heteroatoms. The molecule has 0 aliphatic heterocycles. The van der Waals surface area contributed by atoms with Crippen molar-refractivity contribution in [1.29, 1.82) is 5.26 Å². The fourth-order valence-corrected chi connectivity index (χ4v) is 1.25. The SMILES string of the molecule is CC(C)NC(=O)/C(C#N)=C\NCc1ccccn1. The van der Waals surface area contributed by atoms with Gasteiger partial charge in [-0.3, -0.25) is 9.78 Å². The average Bonchev–Trinajstić information content (AvgIpc) is 2.35. The molecule has 1 aromatic heterocycles. The molecule has 0 unspecified atom stereocenters. The molecule has 5 nitrogen and oxygen atoms in total. The minimum Gasteiger partial charge on any atom is -0.384 e. The summed E-state index contributed by atoms with van der Waals surface area (Å²) in [5.74, 6) is -0.374. The zero-order valence-corrected chi connectivity index (χ0v) is 10.5. The van der Waals surface area contributed by atoms with E-state index in [9.17, 15) is 4.79 Å². The van der Waals surface area contributed by atoms with Crippen molar-refractivity contribution >= 4 is 5.91 Å². The van der Waals surface area contributed by atoms with Crippen LogP contribution < -0.4 is 10.6 Å². The predicted molar refractivity (Wildman–Crippen MR) is 68.1 cm³/mol. The Labute approximate surface area is 107 Å². The maximum absolute atomic E-state index is 11.6. The predicted octanol–water partition coefficient (Wildman–Crippen LogP) is 1.10. The van der Waals surface area contributed by atoms with Crippen molar-refractivity contribution in [3.63, 3.8) is 0 Å². The molecule has 0 saturated carbocycles. The van der Waals surface area contributed by atoms with E-state index in [2.05, 4.69) is 15.6 Å². The molecular weight excluding hydrogens is 228 g/mol. The first-order valence-corrected chi connectivity index (χ1v) is 5.68. The maximum atomic E-state index is 11.6. The van der Waals surface area contributed by atoms with E-state index in [1.807, 2.05) is 38.1 Å². The normalized spacial score (nSPS) is 10.9. The van der Waals surface area contributed by atoms with Gasteiger partial charge in [-0.15, -0.1) is 0 Å². The Morgan fingerprint density at radius 1 is 1.56 bits per heavy atom. The van der Waals surface area contributed by atoms with Crippen LogP contribution in [0.15, 0.2) is 36.2 Å². The third-order valence-corrected chi connectivity index (χ3v) is 2.04. The molecule has 0 aliphatic rings. The summed E-state index contributed by atoms with van der Waals surface area (Å²) in [4.78, 5) is 15.7.